The van der Waals surface area contributed by atoms with Crippen molar-refractivity contribution in [3.05, 3.63) is 111 Å². The SMILES string of the molecule is Cc1ccc2c(c1C(=O)O)OB(O)CC2.Cc1cccc2c1OB(O)CC2.Cc1nccc2c1OB(O)CC2.O=C(O)c1c(F)ccc2c1OB(O)CC2. The fourth-order valence-electron chi connectivity index (χ4n) is 6.39. The van der Waals surface area contributed by atoms with Crippen LogP contribution < -0.4 is 18.6 Å². The summed E-state index contributed by atoms with van der Waals surface area (Å²) in [4.78, 5) is 25.9. The van der Waals surface area contributed by atoms with Crippen molar-refractivity contribution in [2.24, 2.45) is 0 Å². The molecule has 0 amide bonds. The van der Waals surface area contributed by atoms with Gasteiger partial charge < -0.3 is 48.9 Å². The molecule has 6 N–H and O–H groups in total. The van der Waals surface area contributed by atoms with E-state index in [1.54, 1.807) is 19.2 Å². The molecule has 4 aliphatic rings. The highest BCUT2D eigenvalue weighted by atomic mass is 19.1. The van der Waals surface area contributed by atoms with E-state index in [0.717, 1.165) is 52.8 Å². The molecule has 0 unspecified atom stereocenters. The predicted octanol–water partition coefficient (Wildman–Crippen LogP) is 4.26. The molecule has 54 heavy (non-hydrogen) atoms. The van der Waals surface area contributed by atoms with Crippen LogP contribution in [0.5, 0.6) is 23.0 Å². The summed E-state index contributed by atoms with van der Waals surface area (Å²) in [5.41, 5.74) is 6.07. The van der Waals surface area contributed by atoms with E-state index >= 15 is 0 Å². The Bertz CT molecular complexity index is 1860. The number of benzene rings is 3. The molecule has 18 heteroatoms. The summed E-state index contributed by atoms with van der Waals surface area (Å²) >= 11 is 0. The Balaban J connectivity index is 0.000000139. The van der Waals surface area contributed by atoms with E-state index in [1.165, 1.54) is 11.6 Å². The number of aromatic carboxylic acids is 2. The lowest BCUT2D eigenvalue weighted by molar-refractivity contribution is 0.0679. The van der Waals surface area contributed by atoms with Gasteiger partial charge in [0.2, 0.25) is 0 Å². The van der Waals surface area contributed by atoms with E-state index in [-0.39, 0.29) is 11.3 Å². The number of aromatic nitrogens is 1. The molecule has 0 saturated carbocycles. The third kappa shape index (κ3) is 9.74. The number of carboxylic acid groups (broad SMARTS) is 2. The maximum Gasteiger partial charge on any atom is 0.522 e. The van der Waals surface area contributed by atoms with Crippen LogP contribution in [-0.2, 0) is 25.7 Å². The predicted molar refractivity (Wildman–Crippen MR) is 200 cm³/mol. The highest BCUT2D eigenvalue weighted by molar-refractivity contribution is 6.45. The molecule has 0 aliphatic carbocycles. The smallest absolute Gasteiger partial charge is 0.522 e. The Morgan fingerprint density at radius 1 is 0.574 bits per heavy atom. The Labute approximate surface area is 313 Å². The molecule has 0 radical (unpaired) electrons. The molecule has 280 valence electrons. The summed E-state index contributed by atoms with van der Waals surface area (Å²) in [7, 11) is -3.21. The third-order valence-corrected chi connectivity index (χ3v) is 9.18. The van der Waals surface area contributed by atoms with E-state index in [9.17, 15) is 34.1 Å². The summed E-state index contributed by atoms with van der Waals surface area (Å²) in [5, 5.41) is 54.9. The maximum atomic E-state index is 13.2. The number of pyridine rings is 1. The monoisotopic (exact) mass is 741 g/mol. The largest absolute Gasteiger partial charge is 0.536 e. The minimum atomic E-state index is -1.39. The highest BCUT2D eigenvalue weighted by Crippen LogP contribution is 2.34. The molecule has 4 aromatic rings. The Hall–Kier alpha value is -5.02. The van der Waals surface area contributed by atoms with Crippen molar-refractivity contribution in [1.82, 2.24) is 4.98 Å². The Morgan fingerprint density at radius 3 is 1.56 bits per heavy atom. The number of fused-ring (bicyclic) bond motifs is 4. The summed E-state index contributed by atoms with van der Waals surface area (Å²) in [5.74, 6) is -1.36. The number of hydrogen-bond acceptors (Lipinski definition) is 11. The van der Waals surface area contributed by atoms with Crippen molar-refractivity contribution >= 4 is 40.4 Å². The van der Waals surface area contributed by atoms with Gasteiger partial charge in [0.05, 0.1) is 5.69 Å². The molecular formula is C36H40B4FNO12. The standard InChI is InChI=1S/C10H11BO4.C9H8BFO4.C9H11BO2.C8H10BNO2/c1-6-2-3-7-4-5-11(14)15-9(7)8(6)10(12)13;11-6-2-1-5-3-4-10(14)15-8(5)7(6)9(12)13;1-7-3-2-4-8-5-6-10(11)12-9(7)8;1-6-8-7(3-5-10-6)2-4-9(11)12-8/h2-3,14H,4-5H2,1H3,(H,12,13);1-2,14H,3-4H2,(H,12,13);2-4,11H,5-6H2,1H3;3,5,11H,2,4H2,1H3. The van der Waals surface area contributed by atoms with E-state index in [4.69, 9.17) is 28.8 Å². The number of halogens is 1. The third-order valence-electron chi connectivity index (χ3n) is 9.18. The van der Waals surface area contributed by atoms with Gasteiger partial charge in [-0.1, -0.05) is 36.4 Å². The second kappa shape index (κ2) is 17.9. The lowest BCUT2D eigenvalue weighted by atomic mass is 9.78. The highest BCUT2D eigenvalue weighted by Gasteiger charge is 2.30. The number of rotatable bonds is 2. The molecule has 5 heterocycles. The van der Waals surface area contributed by atoms with Crippen molar-refractivity contribution in [2.45, 2.75) is 71.7 Å². The molecule has 13 nitrogen and oxygen atoms in total. The molecule has 1 aromatic heterocycles. The van der Waals surface area contributed by atoms with Gasteiger partial charge >= 0.3 is 40.4 Å². The average Bonchev–Trinajstić information content (AvgIpc) is 3.12. The van der Waals surface area contributed by atoms with Crippen LogP contribution in [0.1, 0.15) is 59.8 Å². The zero-order valence-electron chi connectivity index (χ0n) is 30.1. The van der Waals surface area contributed by atoms with Crippen LogP contribution in [0.2, 0.25) is 25.3 Å². The molecule has 3 aromatic carbocycles. The van der Waals surface area contributed by atoms with Gasteiger partial charge in [-0.25, -0.2) is 14.0 Å². The van der Waals surface area contributed by atoms with E-state index in [0.29, 0.717) is 55.0 Å². The minimum Gasteiger partial charge on any atom is -0.536 e. The first-order chi connectivity index (χ1) is 25.7. The number of aryl methyl sites for hydroxylation is 7. The summed E-state index contributed by atoms with van der Waals surface area (Å²) in [6.45, 7) is 5.60. The van der Waals surface area contributed by atoms with E-state index in [2.05, 4.69) is 4.98 Å². The van der Waals surface area contributed by atoms with Gasteiger partial charge in [0, 0.05) is 6.20 Å². The zero-order chi connectivity index (χ0) is 39.1. The summed E-state index contributed by atoms with van der Waals surface area (Å²) in [6, 6.07) is 14.2. The molecule has 0 fully saturated rings. The van der Waals surface area contributed by atoms with Gasteiger partial charge in [0.25, 0.3) is 0 Å². The van der Waals surface area contributed by atoms with Crippen molar-refractivity contribution in [3.8, 4) is 23.0 Å². The summed E-state index contributed by atoms with van der Waals surface area (Å²) in [6.07, 6.45) is 6.97. The van der Waals surface area contributed by atoms with Crippen LogP contribution in [0, 0.1) is 26.6 Å². The Kier molecular flexibility index (Phi) is 13.3. The van der Waals surface area contributed by atoms with Crippen molar-refractivity contribution in [2.75, 3.05) is 0 Å². The molecule has 4 aliphatic heterocycles. The first kappa shape index (κ1) is 40.2. The van der Waals surface area contributed by atoms with E-state index < -0.39 is 51.8 Å². The molecule has 0 bridgehead atoms. The van der Waals surface area contributed by atoms with Gasteiger partial charge in [-0.05, 0) is 117 Å². The number of para-hydroxylation sites is 1. The minimum absolute atomic E-state index is 0.0544. The van der Waals surface area contributed by atoms with Gasteiger partial charge in [0.15, 0.2) is 0 Å². The zero-order valence-corrected chi connectivity index (χ0v) is 30.1. The fourth-order valence-corrected chi connectivity index (χ4v) is 6.39. The van der Waals surface area contributed by atoms with Crippen LogP contribution in [0.4, 0.5) is 4.39 Å². The van der Waals surface area contributed by atoms with Gasteiger partial charge in [-0.15, -0.1) is 0 Å². The quantitative estimate of drug-likeness (QED) is 0.159. The van der Waals surface area contributed by atoms with Gasteiger partial charge in [0.1, 0.15) is 39.9 Å². The Morgan fingerprint density at radius 2 is 1.02 bits per heavy atom. The van der Waals surface area contributed by atoms with Crippen LogP contribution in [0.15, 0.2) is 54.7 Å². The summed E-state index contributed by atoms with van der Waals surface area (Å²) < 4.78 is 33.9. The maximum absolute atomic E-state index is 13.2. The first-order valence-electron chi connectivity index (χ1n) is 17.6. The van der Waals surface area contributed by atoms with Crippen LogP contribution >= 0.6 is 0 Å². The molecule has 0 spiro atoms. The average molecular weight is 741 g/mol. The first-order valence-corrected chi connectivity index (χ1v) is 17.6. The lowest BCUT2D eigenvalue weighted by Gasteiger charge is -2.22. The number of hydrogen-bond donors (Lipinski definition) is 6. The van der Waals surface area contributed by atoms with Crippen molar-refractivity contribution in [1.29, 1.82) is 0 Å². The van der Waals surface area contributed by atoms with Crippen LogP contribution in [-0.4, -0.2) is 75.7 Å². The molecule has 8 rings (SSSR count). The van der Waals surface area contributed by atoms with Crippen molar-refractivity contribution < 1.29 is 62.9 Å². The van der Waals surface area contributed by atoms with Crippen LogP contribution in [0.25, 0.3) is 0 Å². The van der Waals surface area contributed by atoms with Crippen LogP contribution in [0.3, 0.4) is 0 Å². The normalized spacial score (nSPS) is 14.8. The molecule has 0 saturated heterocycles. The molecular weight excluding hydrogens is 701 g/mol. The number of carboxylic acids is 2. The molecule has 0 atom stereocenters. The number of nitrogens with zero attached hydrogens (tertiary/aromatic N) is 1. The van der Waals surface area contributed by atoms with Gasteiger partial charge in [-0.2, -0.15) is 0 Å². The fraction of sp³-hybridized carbons (Fsp3) is 0.306. The van der Waals surface area contributed by atoms with Crippen molar-refractivity contribution in [3.63, 3.8) is 0 Å². The number of carbonyl (C=O) groups is 2. The van der Waals surface area contributed by atoms with Gasteiger partial charge in [-0.3, -0.25) is 4.98 Å². The van der Waals surface area contributed by atoms with E-state index in [1.807, 2.05) is 44.2 Å². The topological polar surface area (TPSA) is 205 Å². The second-order valence-electron chi connectivity index (χ2n) is 13.2. The lowest BCUT2D eigenvalue weighted by Crippen LogP contribution is -2.28. The second-order valence-corrected chi connectivity index (χ2v) is 13.2.